The fraction of sp³-hybridized carbons (Fsp3) is 0.900. The monoisotopic (exact) mass is 203 g/mol. The van der Waals surface area contributed by atoms with Gasteiger partial charge >= 0.3 is 5.97 Å². The van der Waals surface area contributed by atoms with Crippen LogP contribution in [-0.4, -0.2) is 48.8 Å². The molecule has 0 saturated heterocycles. The Bertz CT molecular complexity index is 161. The summed E-state index contributed by atoms with van der Waals surface area (Å²) in [6.07, 6.45) is 1.08. The Morgan fingerprint density at radius 3 is 2.50 bits per heavy atom. The van der Waals surface area contributed by atoms with Crippen LogP contribution in [0.3, 0.4) is 0 Å². The first-order valence-electron chi connectivity index (χ1n) is 5.10. The fourth-order valence-electron chi connectivity index (χ4n) is 1.54. The van der Waals surface area contributed by atoms with Crippen LogP contribution in [0.15, 0.2) is 0 Å². The highest BCUT2D eigenvalue weighted by Crippen LogP contribution is 2.08. The van der Waals surface area contributed by atoms with Crippen molar-refractivity contribution in [2.75, 3.05) is 26.8 Å². The SMILES string of the molecule is CCC(CC(=O)O)N(CC)CCOC. The first-order valence-corrected chi connectivity index (χ1v) is 5.10. The van der Waals surface area contributed by atoms with E-state index in [4.69, 9.17) is 9.84 Å². The molecule has 14 heavy (non-hydrogen) atoms. The van der Waals surface area contributed by atoms with Crippen molar-refractivity contribution in [3.8, 4) is 0 Å². The van der Waals surface area contributed by atoms with E-state index in [0.29, 0.717) is 6.61 Å². The Balaban J connectivity index is 4.06. The van der Waals surface area contributed by atoms with Crippen molar-refractivity contribution in [3.63, 3.8) is 0 Å². The Morgan fingerprint density at radius 2 is 2.14 bits per heavy atom. The number of methoxy groups -OCH3 is 1. The third-order valence-electron chi connectivity index (χ3n) is 2.39. The molecule has 1 atom stereocenters. The number of aliphatic carboxylic acids is 1. The molecule has 0 aromatic carbocycles. The molecule has 0 aromatic heterocycles. The van der Waals surface area contributed by atoms with E-state index in [2.05, 4.69) is 4.90 Å². The van der Waals surface area contributed by atoms with Gasteiger partial charge in [-0.3, -0.25) is 9.69 Å². The maximum atomic E-state index is 10.6. The molecule has 0 aliphatic rings. The number of hydrogen-bond acceptors (Lipinski definition) is 3. The van der Waals surface area contributed by atoms with E-state index < -0.39 is 5.97 Å². The highest BCUT2D eigenvalue weighted by molar-refractivity contribution is 5.67. The van der Waals surface area contributed by atoms with Crippen molar-refractivity contribution in [2.24, 2.45) is 0 Å². The summed E-state index contributed by atoms with van der Waals surface area (Å²) < 4.78 is 4.98. The van der Waals surface area contributed by atoms with Gasteiger partial charge in [-0.15, -0.1) is 0 Å². The average Bonchev–Trinajstić information content (AvgIpc) is 2.16. The molecule has 1 N–H and O–H groups in total. The van der Waals surface area contributed by atoms with Gasteiger partial charge in [-0.2, -0.15) is 0 Å². The second-order valence-corrected chi connectivity index (χ2v) is 3.28. The summed E-state index contributed by atoms with van der Waals surface area (Å²) in [5.74, 6) is -0.729. The summed E-state index contributed by atoms with van der Waals surface area (Å²) in [6, 6.07) is 0.132. The number of hydrogen-bond donors (Lipinski definition) is 1. The predicted molar refractivity (Wildman–Crippen MR) is 55.5 cm³/mol. The molecule has 0 saturated carbocycles. The van der Waals surface area contributed by atoms with Crippen LogP contribution in [0.1, 0.15) is 26.7 Å². The molecule has 84 valence electrons. The second kappa shape index (κ2) is 7.76. The number of ether oxygens (including phenoxy) is 1. The van der Waals surface area contributed by atoms with Crippen LogP contribution in [0, 0.1) is 0 Å². The second-order valence-electron chi connectivity index (χ2n) is 3.28. The first-order chi connectivity index (χ1) is 6.65. The fourth-order valence-corrected chi connectivity index (χ4v) is 1.54. The minimum atomic E-state index is -0.729. The van der Waals surface area contributed by atoms with Crippen LogP contribution < -0.4 is 0 Å². The van der Waals surface area contributed by atoms with Gasteiger partial charge in [0.05, 0.1) is 13.0 Å². The van der Waals surface area contributed by atoms with Gasteiger partial charge in [0.25, 0.3) is 0 Å². The van der Waals surface area contributed by atoms with Gasteiger partial charge in [0, 0.05) is 19.7 Å². The van der Waals surface area contributed by atoms with Gasteiger partial charge in [-0.25, -0.2) is 0 Å². The number of carboxylic acids is 1. The Labute approximate surface area is 85.9 Å². The lowest BCUT2D eigenvalue weighted by molar-refractivity contribution is -0.138. The molecule has 1 unspecified atom stereocenters. The van der Waals surface area contributed by atoms with Gasteiger partial charge in [0.2, 0.25) is 0 Å². The quantitative estimate of drug-likeness (QED) is 0.644. The standard InChI is InChI=1S/C10H21NO3/c1-4-9(8-10(12)13)11(5-2)6-7-14-3/h9H,4-8H2,1-3H3,(H,12,13). The summed E-state index contributed by atoms with van der Waals surface area (Å²) >= 11 is 0. The van der Waals surface area contributed by atoms with Crippen LogP contribution in [0.4, 0.5) is 0 Å². The van der Waals surface area contributed by atoms with E-state index in [1.165, 1.54) is 0 Å². The summed E-state index contributed by atoms with van der Waals surface area (Å²) in [4.78, 5) is 12.8. The van der Waals surface area contributed by atoms with Crippen molar-refractivity contribution >= 4 is 5.97 Å². The van der Waals surface area contributed by atoms with Crippen molar-refractivity contribution in [1.82, 2.24) is 4.90 Å². The van der Waals surface area contributed by atoms with Gasteiger partial charge < -0.3 is 9.84 Å². The Kier molecular flexibility index (Phi) is 7.42. The Morgan fingerprint density at radius 1 is 1.50 bits per heavy atom. The summed E-state index contributed by atoms with van der Waals surface area (Å²) in [5.41, 5.74) is 0. The van der Waals surface area contributed by atoms with Gasteiger partial charge in [0.15, 0.2) is 0 Å². The third-order valence-corrected chi connectivity index (χ3v) is 2.39. The van der Waals surface area contributed by atoms with E-state index in [0.717, 1.165) is 19.5 Å². The molecule has 0 amide bonds. The van der Waals surface area contributed by atoms with Crippen LogP contribution >= 0.6 is 0 Å². The van der Waals surface area contributed by atoms with E-state index in [-0.39, 0.29) is 12.5 Å². The lowest BCUT2D eigenvalue weighted by Crippen LogP contribution is -2.38. The molecule has 0 bridgehead atoms. The van der Waals surface area contributed by atoms with Crippen LogP contribution in [-0.2, 0) is 9.53 Å². The minimum absolute atomic E-state index is 0.132. The molecule has 0 rings (SSSR count). The summed E-state index contributed by atoms with van der Waals surface area (Å²) in [6.45, 7) is 6.39. The van der Waals surface area contributed by atoms with Crippen molar-refractivity contribution in [1.29, 1.82) is 0 Å². The zero-order valence-corrected chi connectivity index (χ0v) is 9.32. The zero-order valence-electron chi connectivity index (χ0n) is 9.32. The van der Waals surface area contributed by atoms with E-state index >= 15 is 0 Å². The molecule has 0 spiro atoms. The lowest BCUT2D eigenvalue weighted by atomic mass is 10.1. The third kappa shape index (κ3) is 5.19. The van der Waals surface area contributed by atoms with E-state index in [1.54, 1.807) is 7.11 Å². The maximum Gasteiger partial charge on any atom is 0.304 e. The topological polar surface area (TPSA) is 49.8 Å². The first kappa shape index (κ1) is 13.4. The number of rotatable bonds is 8. The normalized spacial score (nSPS) is 13.1. The van der Waals surface area contributed by atoms with Gasteiger partial charge in [-0.1, -0.05) is 13.8 Å². The summed E-state index contributed by atoms with van der Waals surface area (Å²) in [7, 11) is 1.66. The van der Waals surface area contributed by atoms with Gasteiger partial charge in [0.1, 0.15) is 0 Å². The molecule has 4 heteroatoms. The molecular weight excluding hydrogens is 182 g/mol. The zero-order chi connectivity index (χ0) is 11.0. The molecule has 0 radical (unpaired) electrons. The van der Waals surface area contributed by atoms with Crippen molar-refractivity contribution in [3.05, 3.63) is 0 Å². The lowest BCUT2D eigenvalue weighted by Gasteiger charge is -2.28. The molecule has 0 aliphatic carbocycles. The van der Waals surface area contributed by atoms with Crippen LogP contribution in [0.25, 0.3) is 0 Å². The summed E-state index contributed by atoms with van der Waals surface area (Å²) in [5, 5.41) is 8.73. The number of nitrogens with zero attached hydrogens (tertiary/aromatic N) is 1. The number of likely N-dealkylation sites (N-methyl/N-ethyl adjacent to an activating group) is 1. The van der Waals surface area contributed by atoms with Gasteiger partial charge in [-0.05, 0) is 13.0 Å². The highest BCUT2D eigenvalue weighted by Gasteiger charge is 2.17. The molecule has 0 aliphatic heterocycles. The van der Waals surface area contributed by atoms with E-state index in [1.807, 2.05) is 13.8 Å². The number of carboxylic acid groups (broad SMARTS) is 1. The minimum Gasteiger partial charge on any atom is -0.481 e. The Hall–Kier alpha value is -0.610. The van der Waals surface area contributed by atoms with E-state index in [9.17, 15) is 4.79 Å². The predicted octanol–water partition coefficient (Wildman–Crippen LogP) is 1.21. The smallest absolute Gasteiger partial charge is 0.304 e. The van der Waals surface area contributed by atoms with Crippen molar-refractivity contribution < 1.29 is 14.6 Å². The van der Waals surface area contributed by atoms with Crippen molar-refractivity contribution in [2.45, 2.75) is 32.7 Å². The molecule has 0 aromatic rings. The molecular formula is C10H21NO3. The van der Waals surface area contributed by atoms with Crippen LogP contribution in [0.2, 0.25) is 0 Å². The number of carbonyl (C=O) groups is 1. The largest absolute Gasteiger partial charge is 0.481 e. The molecule has 0 heterocycles. The maximum absolute atomic E-state index is 10.6. The molecule has 0 fully saturated rings. The van der Waals surface area contributed by atoms with Crippen LogP contribution in [0.5, 0.6) is 0 Å². The molecule has 4 nitrogen and oxygen atoms in total. The highest BCUT2D eigenvalue weighted by atomic mass is 16.5. The average molecular weight is 203 g/mol.